The standard InChI is InChI=1S/C23H31N3O4/c1-30-20-5-2-4-18(16-20)23(29)24-12-7-17(8-13-24)22(28)25-14-9-19(10-15-25)26-11-3-6-21(26)27/h2,4-5,16-17,19H,3,6-15H2,1H3. The molecule has 4 rings (SSSR count). The molecule has 1 aromatic carbocycles. The van der Waals surface area contributed by atoms with E-state index in [2.05, 4.69) is 0 Å². The van der Waals surface area contributed by atoms with Crippen molar-refractivity contribution >= 4 is 17.7 Å². The van der Waals surface area contributed by atoms with Crippen molar-refractivity contribution in [2.45, 2.75) is 44.6 Å². The molecule has 3 heterocycles. The number of nitrogens with zero attached hydrogens (tertiary/aromatic N) is 3. The first-order valence-electron chi connectivity index (χ1n) is 11.1. The Balaban J connectivity index is 1.26. The van der Waals surface area contributed by atoms with Crippen LogP contribution in [0.3, 0.4) is 0 Å². The molecule has 0 radical (unpaired) electrons. The third kappa shape index (κ3) is 4.30. The van der Waals surface area contributed by atoms with E-state index in [1.807, 2.05) is 26.8 Å². The van der Waals surface area contributed by atoms with Gasteiger partial charge < -0.3 is 19.4 Å². The molecular weight excluding hydrogens is 382 g/mol. The van der Waals surface area contributed by atoms with Crippen LogP contribution in [0.1, 0.15) is 48.9 Å². The SMILES string of the molecule is COc1cccc(C(=O)N2CCC(C(=O)N3CCC(N4CCCC4=O)CC3)CC2)c1. The summed E-state index contributed by atoms with van der Waals surface area (Å²) in [5.74, 6) is 1.15. The van der Waals surface area contributed by atoms with Gasteiger partial charge in [0.2, 0.25) is 11.8 Å². The summed E-state index contributed by atoms with van der Waals surface area (Å²) in [6.07, 6.45) is 4.81. The van der Waals surface area contributed by atoms with Crippen molar-refractivity contribution in [2.75, 3.05) is 39.8 Å². The minimum absolute atomic E-state index is 0.00380. The van der Waals surface area contributed by atoms with Crippen molar-refractivity contribution in [3.63, 3.8) is 0 Å². The molecule has 3 fully saturated rings. The molecule has 0 aliphatic carbocycles. The van der Waals surface area contributed by atoms with Crippen LogP contribution in [-0.4, -0.2) is 78.3 Å². The van der Waals surface area contributed by atoms with Gasteiger partial charge >= 0.3 is 0 Å². The van der Waals surface area contributed by atoms with Gasteiger partial charge in [-0.2, -0.15) is 0 Å². The van der Waals surface area contributed by atoms with Gasteiger partial charge in [0.1, 0.15) is 5.75 Å². The summed E-state index contributed by atoms with van der Waals surface area (Å²) in [7, 11) is 1.59. The maximum atomic E-state index is 13.0. The van der Waals surface area contributed by atoms with E-state index >= 15 is 0 Å². The molecule has 30 heavy (non-hydrogen) atoms. The van der Waals surface area contributed by atoms with E-state index < -0.39 is 0 Å². The molecule has 0 atom stereocenters. The zero-order valence-corrected chi connectivity index (χ0v) is 17.7. The third-order valence-electron chi connectivity index (χ3n) is 6.78. The van der Waals surface area contributed by atoms with E-state index in [4.69, 9.17) is 4.74 Å². The molecule has 0 saturated carbocycles. The normalized spacial score (nSPS) is 21.2. The second-order valence-corrected chi connectivity index (χ2v) is 8.55. The highest BCUT2D eigenvalue weighted by atomic mass is 16.5. The highest BCUT2D eigenvalue weighted by Gasteiger charge is 2.35. The van der Waals surface area contributed by atoms with Crippen LogP contribution in [0.2, 0.25) is 0 Å². The quantitative estimate of drug-likeness (QED) is 0.759. The Morgan fingerprint density at radius 2 is 1.67 bits per heavy atom. The predicted molar refractivity (Wildman–Crippen MR) is 112 cm³/mol. The average molecular weight is 414 g/mol. The molecule has 1 aromatic rings. The van der Waals surface area contributed by atoms with Gasteiger partial charge in [-0.25, -0.2) is 0 Å². The van der Waals surface area contributed by atoms with Crippen LogP contribution in [0, 0.1) is 5.92 Å². The second-order valence-electron chi connectivity index (χ2n) is 8.55. The number of rotatable bonds is 4. The van der Waals surface area contributed by atoms with Crippen LogP contribution in [0.15, 0.2) is 24.3 Å². The molecule has 0 N–H and O–H groups in total. The fourth-order valence-electron chi connectivity index (χ4n) is 4.98. The molecule has 3 aliphatic rings. The Kier molecular flexibility index (Phi) is 6.25. The lowest BCUT2D eigenvalue weighted by Crippen LogP contribution is -2.50. The van der Waals surface area contributed by atoms with Crippen LogP contribution in [0.25, 0.3) is 0 Å². The summed E-state index contributed by atoms with van der Waals surface area (Å²) in [5, 5.41) is 0. The average Bonchev–Trinajstić information content (AvgIpc) is 3.24. The van der Waals surface area contributed by atoms with E-state index in [-0.39, 0.29) is 23.6 Å². The molecular formula is C23H31N3O4. The molecule has 3 saturated heterocycles. The van der Waals surface area contributed by atoms with Crippen molar-refractivity contribution in [2.24, 2.45) is 5.92 Å². The highest BCUT2D eigenvalue weighted by Crippen LogP contribution is 2.26. The van der Waals surface area contributed by atoms with Crippen molar-refractivity contribution in [3.8, 4) is 5.75 Å². The minimum atomic E-state index is -0.00988. The first kappa shape index (κ1) is 20.7. The molecule has 0 aromatic heterocycles. The largest absolute Gasteiger partial charge is 0.497 e. The maximum Gasteiger partial charge on any atom is 0.253 e. The van der Waals surface area contributed by atoms with Crippen molar-refractivity contribution < 1.29 is 19.1 Å². The zero-order chi connectivity index (χ0) is 21.1. The number of hydrogen-bond donors (Lipinski definition) is 0. The Morgan fingerprint density at radius 1 is 0.967 bits per heavy atom. The molecule has 7 nitrogen and oxygen atoms in total. The summed E-state index contributed by atoms with van der Waals surface area (Å²) in [5.41, 5.74) is 0.623. The van der Waals surface area contributed by atoms with Crippen molar-refractivity contribution in [3.05, 3.63) is 29.8 Å². The number of carbonyl (C=O) groups is 3. The van der Waals surface area contributed by atoms with Crippen LogP contribution in [-0.2, 0) is 9.59 Å². The lowest BCUT2D eigenvalue weighted by Gasteiger charge is -2.39. The van der Waals surface area contributed by atoms with Crippen molar-refractivity contribution in [1.82, 2.24) is 14.7 Å². The smallest absolute Gasteiger partial charge is 0.253 e. The summed E-state index contributed by atoms with van der Waals surface area (Å²) in [6, 6.07) is 7.50. The minimum Gasteiger partial charge on any atom is -0.497 e. The lowest BCUT2D eigenvalue weighted by molar-refractivity contribution is -0.139. The van der Waals surface area contributed by atoms with Gasteiger partial charge in [0.05, 0.1) is 7.11 Å². The van der Waals surface area contributed by atoms with E-state index in [1.165, 1.54) is 0 Å². The zero-order valence-electron chi connectivity index (χ0n) is 17.7. The molecule has 0 bridgehead atoms. The van der Waals surface area contributed by atoms with Gasteiger partial charge in [-0.15, -0.1) is 0 Å². The van der Waals surface area contributed by atoms with Crippen LogP contribution >= 0.6 is 0 Å². The predicted octanol–water partition coefficient (Wildman–Crippen LogP) is 2.16. The Hall–Kier alpha value is -2.57. The number of methoxy groups -OCH3 is 1. The fraction of sp³-hybridized carbons (Fsp3) is 0.609. The Labute approximate surface area is 177 Å². The number of benzene rings is 1. The summed E-state index contributed by atoms with van der Waals surface area (Å²) < 4.78 is 5.21. The number of amides is 3. The van der Waals surface area contributed by atoms with Gasteiger partial charge in [-0.05, 0) is 50.3 Å². The van der Waals surface area contributed by atoms with Gasteiger partial charge in [0, 0.05) is 56.7 Å². The highest BCUT2D eigenvalue weighted by molar-refractivity contribution is 5.94. The van der Waals surface area contributed by atoms with E-state index in [0.29, 0.717) is 49.7 Å². The fourth-order valence-corrected chi connectivity index (χ4v) is 4.98. The van der Waals surface area contributed by atoms with E-state index in [9.17, 15) is 14.4 Å². The van der Waals surface area contributed by atoms with Gasteiger partial charge in [0.25, 0.3) is 5.91 Å². The molecule has 0 spiro atoms. The first-order valence-corrected chi connectivity index (χ1v) is 11.1. The second kappa shape index (κ2) is 9.06. The van der Waals surface area contributed by atoms with Crippen LogP contribution < -0.4 is 4.74 Å². The molecule has 3 amide bonds. The number of hydrogen-bond acceptors (Lipinski definition) is 4. The molecule has 162 valence electrons. The molecule has 3 aliphatic heterocycles. The van der Waals surface area contributed by atoms with Crippen LogP contribution in [0.5, 0.6) is 5.75 Å². The van der Waals surface area contributed by atoms with Gasteiger partial charge in [-0.3, -0.25) is 14.4 Å². The van der Waals surface area contributed by atoms with Gasteiger partial charge in [-0.1, -0.05) is 6.07 Å². The first-order chi connectivity index (χ1) is 14.6. The lowest BCUT2D eigenvalue weighted by atomic mass is 9.93. The Morgan fingerprint density at radius 3 is 2.30 bits per heavy atom. The number of piperidine rings is 2. The number of ether oxygens (including phenoxy) is 1. The van der Waals surface area contributed by atoms with Gasteiger partial charge in [0.15, 0.2) is 0 Å². The number of carbonyl (C=O) groups excluding carboxylic acids is 3. The summed E-state index contributed by atoms with van der Waals surface area (Å²) in [6.45, 7) is 3.54. The topological polar surface area (TPSA) is 70.2 Å². The number of likely N-dealkylation sites (tertiary alicyclic amines) is 3. The maximum absolute atomic E-state index is 13.0. The Bertz CT molecular complexity index is 795. The van der Waals surface area contributed by atoms with E-state index in [0.717, 1.165) is 38.9 Å². The van der Waals surface area contributed by atoms with E-state index in [1.54, 1.807) is 19.2 Å². The summed E-state index contributed by atoms with van der Waals surface area (Å²) in [4.78, 5) is 43.6. The molecule has 0 unspecified atom stereocenters. The van der Waals surface area contributed by atoms with Crippen molar-refractivity contribution in [1.29, 1.82) is 0 Å². The third-order valence-corrected chi connectivity index (χ3v) is 6.78. The monoisotopic (exact) mass is 413 g/mol. The summed E-state index contributed by atoms with van der Waals surface area (Å²) >= 11 is 0. The van der Waals surface area contributed by atoms with Crippen LogP contribution in [0.4, 0.5) is 0 Å². The molecule has 7 heteroatoms.